The van der Waals surface area contributed by atoms with Gasteiger partial charge >= 0.3 is 5.63 Å². The van der Waals surface area contributed by atoms with E-state index in [2.05, 4.69) is 11.8 Å². The van der Waals surface area contributed by atoms with E-state index in [1.165, 1.54) is 0 Å². The second kappa shape index (κ2) is 6.43. The highest BCUT2D eigenvalue weighted by atomic mass is 32.2. The fourth-order valence-corrected chi connectivity index (χ4v) is 2.35. The van der Waals surface area contributed by atoms with E-state index in [1.807, 2.05) is 30.5 Å². The van der Waals surface area contributed by atoms with Gasteiger partial charge in [0.25, 0.3) is 0 Å². The van der Waals surface area contributed by atoms with E-state index in [1.54, 1.807) is 38.6 Å². The summed E-state index contributed by atoms with van der Waals surface area (Å²) in [6.45, 7) is 4.87. The number of hydrogen-bond acceptors (Lipinski definition) is 4. The molecule has 1 aromatic heterocycles. The SMILES string of the molecule is CSc1ccc(-c2cc(C)oc(=O)c2C#CC(C)(C)O)cc1. The quantitative estimate of drug-likeness (QED) is 0.681. The third kappa shape index (κ3) is 4.03. The molecule has 3 nitrogen and oxygen atoms in total. The maximum atomic E-state index is 12.1. The minimum Gasteiger partial charge on any atom is -0.427 e. The monoisotopic (exact) mass is 314 g/mol. The smallest absolute Gasteiger partial charge is 0.352 e. The highest BCUT2D eigenvalue weighted by Gasteiger charge is 2.12. The van der Waals surface area contributed by atoms with Gasteiger partial charge in [0.1, 0.15) is 16.9 Å². The van der Waals surface area contributed by atoms with Crippen molar-refractivity contribution in [2.24, 2.45) is 0 Å². The summed E-state index contributed by atoms with van der Waals surface area (Å²) in [6.07, 6.45) is 2.01. The van der Waals surface area contributed by atoms with Crippen LogP contribution in [0, 0.1) is 18.8 Å². The van der Waals surface area contributed by atoms with Crippen molar-refractivity contribution >= 4 is 11.8 Å². The van der Waals surface area contributed by atoms with E-state index in [9.17, 15) is 9.90 Å². The standard InChI is InChI=1S/C18H18O3S/c1-12-11-16(13-5-7-14(22-4)8-6-13)15(17(19)21-12)9-10-18(2,3)20/h5-8,11,20H,1-4H3. The van der Waals surface area contributed by atoms with E-state index in [-0.39, 0.29) is 5.56 Å². The van der Waals surface area contributed by atoms with Crippen molar-refractivity contribution in [3.8, 4) is 23.0 Å². The van der Waals surface area contributed by atoms with Crippen LogP contribution in [0.1, 0.15) is 25.2 Å². The Kier molecular flexibility index (Phi) is 4.80. The van der Waals surface area contributed by atoms with Gasteiger partial charge in [0, 0.05) is 10.5 Å². The summed E-state index contributed by atoms with van der Waals surface area (Å²) in [5, 5.41) is 9.75. The lowest BCUT2D eigenvalue weighted by Crippen LogP contribution is -2.15. The van der Waals surface area contributed by atoms with Gasteiger partial charge in [-0.15, -0.1) is 11.8 Å². The van der Waals surface area contributed by atoms with Crippen molar-refractivity contribution in [3.05, 3.63) is 52.1 Å². The second-order valence-corrected chi connectivity index (χ2v) is 6.35. The van der Waals surface area contributed by atoms with Crippen LogP contribution in [0.15, 0.2) is 44.4 Å². The Morgan fingerprint density at radius 2 is 1.86 bits per heavy atom. The summed E-state index contributed by atoms with van der Waals surface area (Å²) in [5.41, 5.74) is 0.231. The zero-order valence-electron chi connectivity index (χ0n) is 13.1. The first kappa shape index (κ1) is 16.4. The van der Waals surface area contributed by atoms with Gasteiger partial charge in [-0.1, -0.05) is 24.0 Å². The minimum atomic E-state index is -1.17. The van der Waals surface area contributed by atoms with Crippen LogP contribution in [0.2, 0.25) is 0 Å². The van der Waals surface area contributed by atoms with Crippen molar-refractivity contribution in [2.45, 2.75) is 31.3 Å². The molecule has 0 aliphatic carbocycles. The second-order valence-electron chi connectivity index (χ2n) is 5.47. The molecule has 0 saturated carbocycles. The van der Waals surface area contributed by atoms with Crippen LogP contribution in [0.25, 0.3) is 11.1 Å². The average Bonchev–Trinajstić information content (AvgIpc) is 2.44. The molecule has 0 spiro atoms. The molecular formula is C18H18O3S. The fraction of sp³-hybridized carbons (Fsp3) is 0.278. The zero-order chi connectivity index (χ0) is 16.3. The number of benzene rings is 1. The third-order valence-electron chi connectivity index (χ3n) is 2.97. The summed E-state index contributed by atoms with van der Waals surface area (Å²) < 4.78 is 5.14. The van der Waals surface area contributed by atoms with E-state index in [4.69, 9.17) is 4.42 Å². The van der Waals surface area contributed by atoms with Crippen molar-refractivity contribution < 1.29 is 9.52 Å². The number of hydrogen-bond donors (Lipinski definition) is 1. The average molecular weight is 314 g/mol. The van der Waals surface area contributed by atoms with Crippen LogP contribution in [-0.2, 0) is 0 Å². The molecule has 0 fully saturated rings. The molecular weight excluding hydrogens is 296 g/mol. The molecule has 2 rings (SSSR count). The summed E-state index contributed by atoms with van der Waals surface area (Å²) in [5.74, 6) is 5.97. The molecule has 4 heteroatoms. The van der Waals surface area contributed by atoms with E-state index >= 15 is 0 Å². The summed E-state index contributed by atoms with van der Waals surface area (Å²) in [7, 11) is 0. The molecule has 0 aliphatic rings. The third-order valence-corrected chi connectivity index (χ3v) is 3.71. The molecule has 114 valence electrons. The Morgan fingerprint density at radius 1 is 1.23 bits per heavy atom. The lowest BCUT2D eigenvalue weighted by molar-refractivity contribution is 0.143. The zero-order valence-corrected chi connectivity index (χ0v) is 13.9. The van der Waals surface area contributed by atoms with Crippen molar-refractivity contribution in [1.82, 2.24) is 0 Å². The highest BCUT2D eigenvalue weighted by Crippen LogP contribution is 2.25. The Hall–Kier alpha value is -1.96. The Morgan fingerprint density at radius 3 is 2.41 bits per heavy atom. The van der Waals surface area contributed by atoms with Crippen molar-refractivity contribution in [1.29, 1.82) is 0 Å². The first-order valence-corrected chi connectivity index (χ1v) is 8.07. The maximum absolute atomic E-state index is 12.1. The number of aryl methyl sites for hydroxylation is 1. The predicted octanol–water partition coefficient (Wildman–Crippen LogP) is 3.46. The molecule has 1 heterocycles. The van der Waals surface area contributed by atoms with Crippen LogP contribution in [0.4, 0.5) is 0 Å². The predicted molar refractivity (Wildman–Crippen MR) is 90.1 cm³/mol. The topological polar surface area (TPSA) is 50.4 Å². The van der Waals surface area contributed by atoms with Gasteiger partial charge in [0.2, 0.25) is 0 Å². The lowest BCUT2D eigenvalue weighted by atomic mass is 10.0. The van der Waals surface area contributed by atoms with Gasteiger partial charge in [0.05, 0.1) is 0 Å². The normalized spacial score (nSPS) is 11.0. The largest absolute Gasteiger partial charge is 0.427 e. The molecule has 0 saturated heterocycles. The molecule has 1 N–H and O–H groups in total. The Labute approximate surface area is 134 Å². The van der Waals surface area contributed by atoms with Crippen molar-refractivity contribution in [2.75, 3.05) is 6.26 Å². The first-order chi connectivity index (χ1) is 10.3. The van der Waals surface area contributed by atoms with Gasteiger partial charge in [-0.05, 0) is 50.8 Å². The van der Waals surface area contributed by atoms with Crippen LogP contribution in [0.3, 0.4) is 0 Å². The Balaban J connectivity index is 2.62. The number of thioether (sulfide) groups is 1. The summed E-state index contributed by atoms with van der Waals surface area (Å²) >= 11 is 1.66. The van der Waals surface area contributed by atoms with Crippen LogP contribution in [0.5, 0.6) is 0 Å². The summed E-state index contributed by atoms with van der Waals surface area (Å²) in [4.78, 5) is 13.3. The molecule has 0 atom stereocenters. The van der Waals surface area contributed by atoms with E-state index < -0.39 is 11.2 Å². The molecule has 0 radical (unpaired) electrons. The minimum absolute atomic E-state index is 0.268. The molecule has 22 heavy (non-hydrogen) atoms. The molecule has 0 amide bonds. The van der Waals surface area contributed by atoms with Crippen LogP contribution >= 0.6 is 11.8 Å². The van der Waals surface area contributed by atoms with Gasteiger partial charge in [-0.25, -0.2) is 4.79 Å². The van der Waals surface area contributed by atoms with E-state index in [0.717, 1.165) is 16.0 Å². The molecule has 0 bridgehead atoms. The maximum Gasteiger partial charge on any atom is 0.352 e. The first-order valence-electron chi connectivity index (χ1n) is 6.85. The molecule has 0 unspecified atom stereocenters. The number of aliphatic hydroxyl groups is 1. The van der Waals surface area contributed by atoms with Crippen LogP contribution in [-0.4, -0.2) is 17.0 Å². The molecule has 0 aliphatic heterocycles. The summed E-state index contributed by atoms with van der Waals surface area (Å²) in [6, 6.07) is 9.70. The molecule has 1 aromatic carbocycles. The van der Waals surface area contributed by atoms with Gasteiger partial charge in [-0.2, -0.15) is 0 Å². The van der Waals surface area contributed by atoms with Crippen molar-refractivity contribution in [3.63, 3.8) is 0 Å². The lowest BCUT2D eigenvalue weighted by Gasteiger charge is -2.08. The van der Waals surface area contributed by atoms with Gasteiger partial charge < -0.3 is 9.52 Å². The fourth-order valence-electron chi connectivity index (χ4n) is 1.94. The van der Waals surface area contributed by atoms with Gasteiger partial charge in [-0.3, -0.25) is 0 Å². The van der Waals surface area contributed by atoms with Gasteiger partial charge in [0.15, 0.2) is 0 Å². The van der Waals surface area contributed by atoms with E-state index in [0.29, 0.717) is 5.76 Å². The highest BCUT2D eigenvalue weighted by molar-refractivity contribution is 7.98. The number of rotatable bonds is 2. The Bertz CT molecular complexity index is 784. The van der Waals surface area contributed by atoms with Crippen LogP contribution < -0.4 is 5.63 Å². The molecule has 2 aromatic rings.